The number of rotatable bonds is 4. The third-order valence-electron chi connectivity index (χ3n) is 7.28. The van der Waals surface area contributed by atoms with Gasteiger partial charge in [-0.3, -0.25) is 0 Å². The van der Waals surface area contributed by atoms with E-state index in [2.05, 4.69) is 22.2 Å². The molecule has 0 amide bonds. The van der Waals surface area contributed by atoms with Crippen molar-refractivity contribution in [1.29, 1.82) is 0 Å². The Balaban J connectivity index is 1.44. The number of nitrogens with one attached hydrogen (secondary N) is 1. The number of fused-ring (bicyclic) bond motifs is 2. The summed E-state index contributed by atoms with van der Waals surface area (Å²) in [4.78, 5) is 16.1. The van der Waals surface area contributed by atoms with Gasteiger partial charge in [0.15, 0.2) is 5.65 Å². The predicted octanol–water partition coefficient (Wildman–Crippen LogP) is 5.33. The topological polar surface area (TPSA) is 71.2 Å². The monoisotopic (exact) mass is 477 g/mol. The van der Waals surface area contributed by atoms with Crippen LogP contribution in [0.2, 0.25) is 0 Å². The molecule has 2 fully saturated rings. The molecule has 1 atom stereocenters. The third kappa shape index (κ3) is 4.28. The fraction of sp³-hybridized carbons (Fsp3) is 0.462. The van der Waals surface area contributed by atoms with Crippen molar-refractivity contribution in [1.82, 2.24) is 24.6 Å². The van der Waals surface area contributed by atoms with E-state index in [1.54, 1.807) is 10.6 Å². The van der Waals surface area contributed by atoms with Crippen LogP contribution in [0.1, 0.15) is 44.7 Å². The number of benzene rings is 1. The fourth-order valence-electron chi connectivity index (χ4n) is 5.24. The minimum absolute atomic E-state index is 0.353. The first-order valence-corrected chi connectivity index (χ1v) is 12.4. The Morgan fingerprint density at radius 3 is 2.57 bits per heavy atom. The minimum atomic E-state index is -0.833. The van der Waals surface area contributed by atoms with Crippen LogP contribution in [0, 0.1) is 18.7 Å². The molecule has 4 aromatic rings. The second-order valence-electron chi connectivity index (χ2n) is 10.0. The van der Waals surface area contributed by atoms with Crippen LogP contribution in [0.4, 0.5) is 20.4 Å². The zero-order valence-corrected chi connectivity index (χ0v) is 20.0. The van der Waals surface area contributed by atoms with E-state index >= 15 is 0 Å². The molecule has 7 nitrogen and oxygen atoms in total. The van der Waals surface area contributed by atoms with E-state index in [9.17, 15) is 8.78 Å². The predicted molar refractivity (Wildman–Crippen MR) is 133 cm³/mol. The van der Waals surface area contributed by atoms with Crippen molar-refractivity contribution in [3.63, 3.8) is 0 Å². The molecule has 1 saturated carbocycles. The Labute approximate surface area is 202 Å². The SMILES string of the molecule is Cc1nc2ccc(F)cc2nc1-c1cc2nc(N3CC[C@H](F)C3)cc(N[C@H]3CC[C@H](C)CC3)n2n1. The summed E-state index contributed by atoms with van der Waals surface area (Å²) in [5.41, 5.74) is 3.71. The summed E-state index contributed by atoms with van der Waals surface area (Å²) < 4.78 is 29.6. The average Bonchev–Trinajstić information content (AvgIpc) is 3.47. The van der Waals surface area contributed by atoms with E-state index in [1.165, 1.54) is 25.0 Å². The van der Waals surface area contributed by atoms with Crippen LogP contribution in [0.25, 0.3) is 28.1 Å². The Hall–Kier alpha value is -3.36. The first kappa shape index (κ1) is 22.1. The largest absolute Gasteiger partial charge is 0.367 e. The molecule has 0 bridgehead atoms. The van der Waals surface area contributed by atoms with Gasteiger partial charge in [-0.2, -0.15) is 9.61 Å². The summed E-state index contributed by atoms with van der Waals surface area (Å²) in [6.45, 7) is 5.18. The van der Waals surface area contributed by atoms with E-state index < -0.39 is 6.17 Å². The van der Waals surface area contributed by atoms with Crippen LogP contribution >= 0.6 is 0 Å². The van der Waals surface area contributed by atoms with E-state index in [1.807, 2.05) is 24.0 Å². The van der Waals surface area contributed by atoms with Gasteiger partial charge >= 0.3 is 0 Å². The van der Waals surface area contributed by atoms with Crippen LogP contribution in [-0.2, 0) is 0 Å². The van der Waals surface area contributed by atoms with Gasteiger partial charge in [0.05, 0.1) is 23.3 Å². The van der Waals surface area contributed by atoms with E-state index in [0.717, 1.165) is 30.4 Å². The maximum Gasteiger partial charge on any atom is 0.160 e. The smallest absolute Gasteiger partial charge is 0.160 e. The second kappa shape index (κ2) is 8.70. The van der Waals surface area contributed by atoms with Crippen LogP contribution in [0.3, 0.4) is 0 Å². The summed E-state index contributed by atoms with van der Waals surface area (Å²) in [6.07, 6.45) is 4.28. The number of nitrogens with zero attached hydrogens (tertiary/aromatic N) is 6. The summed E-state index contributed by atoms with van der Waals surface area (Å²) in [6, 6.07) is 8.62. The minimum Gasteiger partial charge on any atom is -0.367 e. The number of aromatic nitrogens is 5. The number of aryl methyl sites for hydroxylation is 1. The number of anilines is 2. The first-order chi connectivity index (χ1) is 16.9. The van der Waals surface area contributed by atoms with Gasteiger partial charge < -0.3 is 10.2 Å². The van der Waals surface area contributed by atoms with Gasteiger partial charge in [0.2, 0.25) is 0 Å². The van der Waals surface area contributed by atoms with Gasteiger partial charge in [-0.05, 0) is 57.1 Å². The Kier molecular flexibility index (Phi) is 5.50. The van der Waals surface area contributed by atoms with Crippen LogP contribution < -0.4 is 10.2 Å². The van der Waals surface area contributed by atoms with Crippen LogP contribution in [0.15, 0.2) is 30.3 Å². The molecule has 6 rings (SSSR count). The molecule has 1 saturated heterocycles. The molecular weight excluding hydrogens is 448 g/mol. The van der Waals surface area contributed by atoms with Crippen molar-refractivity contribution < 1.29 is 8.78 Å². The first-order valence-electron chi connectivity index (χ1n) is 12.4. The summed E-state index contributed by atoms with van der Waals surface area (Å²) in [5, 5.41) is 8.53. The molecule has 0 spiro atoms. The molecule has 9 heteroatoms. The van der Waals surface area contributed by atoms with Gasteiger partial charge in [0.1, 0.15) is 35.0 Å². The lowest BCUT2D eigenvalue weighted by Crippen LogP contribution is -2.27. The highest BCUT2D eigenvalue weighted by molar-refractivity contribution is 5.78. The van der Waals surface area contributed by atoms with E-state index in [0.29, 0.717) is 59.3 Å². The normalized spacial score (nSPS) is 22.9. The molecule has 1 aromatic carbocycles. The molecule has 182 valence electrons. The standard InChI is InChI=1S/C26H29F2N7/c1-15-3-6-19(7-4-15)30-25-13-23(34-10-9-18(28)14-34)32-24-12-22(33-35(24)25)26-16(2)29-20-8-5-17(27)11-21(20)31-26/h5,8,11-13,15,18-19,30H,3-4,6-7,9-10,14H2,1-2H3/t15-,18-,19-/m0/s1. The third-order valence-corrected chi connectivity index (χ3v) is 7.28. The lowest BCUT2D eigenvalue weighted by Gasteiger charge is -2.28. The molecule has 1 aliphatic carbocycles. The van der Waals surface area contributed by atoms with Crippen LogP contribution in [0.5, 0.6) is 0 Å². The molecule has 1 N–H and O–H groups in total. The van der Waals surface area contributed by atoms with Gasteiger partial charge in [0, 0.05) is 30.8 Å². The molecule has 1 aliphatic heterocycles. The highest BCUT2D eigenvalue weighted by Gasteiger charge is 2.26. The molecule has 0 radical (unpaired) electrons. The second-order valence-corrected chi connectivity index (χ2v) is 10.0. The maximum atomic E-state index is 14.0. The highest BCUT2D eigenvalue weighted by Crippen LogP contribution is 2.31. The fourth-order valence-corrected chi connectivity index (χ4v) is 5.24. The maximum absolute atomic E-state index is 14.0. The summed E-state index contributed by atoms with van der Waals surface area (Å²) in [7, 11) is 0. The zero-order chi connectivity index (χ0) is 24.1. The lowest BCUT2D eigenvalue weighted by atomic mass is 9.87. The number of hydrogen-bond donors (Lipinski definition) is 1. The summed E-state index contributed by atoms with van der Waals surface area (Å²) in [5.74, 6) is 1.99. The van der Waals surface area contributed by atoms with E-state index in [4.69, 9.17) is 10.1 Å². The van der Waals surface area contributed by atoms with Crippen molar-refractivity contribution in [2.75, 3.05) is 23.3 Å². The van der Waals surface area contributed by atoms with Gasteiger partial charge in [-0.1, -0.05) is 6.92 Å². The quantitative estimate of drug-likeness (QED) is 0.429. The van der Waals surface area contributed by atoms with Crippen molar-refractivity contribution in [2.24, 2.45) is 5.92 Å². The molecule has 2 aliphatic rings. The Morgan fingerprint density at radius 1 is 0.971 bits per heavy atom. The van der Waals surface area contributed by atoms with Crippen LogP contribution in [-0.4, -0.2) is 49.9 Å². The number of halogens is 2. The van der Waals surface area contributed by atoms with Crippen molar-refractivity contribution in [3.8, 4) is 11.4 Å². The van der Waals surface area contributed by atoms with Gasteiger partial charge in [-0.15, -0.1) is 0 Å². The van der Waals surface area contributed by atoms with E-state index in [-0.39, 0.29) is 5.82 Å². The highest BCUT2D eigenvalue weighted by atomic mass is 19.1. The molecular formula is C26H29F2N7. The Morgan fingerprint density at radius 2 is 1.80 bits per heavy atom. The molecule has 4 heterocycles. The number of alkyl halides is 1. The zero-order valence-electron chi connectivity index (χ0n) is 20.0. The average molecular weight is 478 g/mol. The van der Waals surface area contributed by atoms with Gasteiger partial charge in [0.25, 0.3) is 0 Å². The molecule has 35 heavy (non-hydrogen) atoms. The van der Waals surface area contributed by atoms with Gasteiger partial charge in [-0.25, -0.2) is 23.7 Å². The van der Waals surface area contributed by atoms with Crippen molar-refractivity contribution >= 4 is 28.3 Å². The number of hydrogen-bond acceptors (Lipinski definition) is 6. The lowest BCUT2D eigenvalue weighted by molar-refractivity contribution is 0.360. The van der Waals surface area contributed by atoms with Crippen molar-refractivity contribution in [2.45, 2.75) is 58.2 Å². The molecule has 0 unspecified atom stereocenters. The Bertz CT molecular complexity index is 1390. The van der Waals surface area contributed by atoms with Crippen molar-refractivity contribution in [3.05, 3.63) is 41.8 Å². The summed E-state index contributed by atoms with van der Waals surface area (Å²) >= 11 is 0. The molecule has 3 aromatic heterocycles.